The van der Waals surface area contributed by atoms with E-state index in [1.165, 1.54) is 5.56 Å². The van der Waals surface area contributed by atoms with Crippen molar-refractivity contribution < 1.29 is 14.6 Å². The average molecular weight is 297 g/mol. The average Bonchev–Trinajstić information content (AvgIpc) is 2.95. The Labute approximate surface area is 130 Å². The maximum Gasteiger partial charge on any atom is 0.305 e. The van der Waals surface area contributed by atoms with Gasteiger partial charge in [-0.2, -0.15) is 0 Å². The molecule has 0 amide bonds. The van der Waals surface area contributed by atoms with Gasteiger partial charge in [-0.1, -0.05) is 36.4 Å². The lowest BCUT2D eigenvalue weighted by molar-refractivity contribution is -0.136. The SMILES string of the molecule is O=C(O)CCN1CCc2c(OCc3ccccc3)cccc21. The van der Waals surface area contributed by atoms with Crippen molar-refractivity contribution >= 4 is 11.7 Å². The predicted octanol–water partition coefficient (Wildman–Crippen LogP) is 3.10. The smallest absolute Gasteiger partial charge is 0.305 e. The standard InChI is InChI=1S/C18H19NO3/c20-18(21)10-12-19-11-9-15-16(19)7-4-8-17(15)22-13-14-5-2-1-3-6-14/h1-8H,9-13H2,(H,20,21). The van der Waals surface area contributed by atoms with Gasteiger partial charge in [0.05, 0.1) is 6.42 Å². The largest absolute Gasteiger partial charge is 0.489 e. The molecule has 4 heteroatoms. The number of rotatable bonds is 6. The molecular formula is C18H19NO3. The molecule has 1 aliphatic heterocycles. The lowest BCUT2D eigenvalue weighted by atomic mass is 10.1. The van der Waals surface area contributed by atoms with Crippen LogP contribution < -0.4 is 9.64 Å². The van der Waals surface area contributed by atoms with Gasteiger partial charge in [-0.15, -0.1) is 0 Å². The maximum atomic E-state index is 10.7. The fourth-order valence-electron chi connectivity index (χ4n) is 2.80. The zero-order valence-corrected chi connectivity index (χ0v) is 12.4. The first-order valence-corrected chi connectivity index (χ1v) is 7.49. The van der Waals surface area contributed by atoms with E-state index in [0.29, 0.717) is 13.2 Å². The first kappa shape index (κ1) is 14.4. The van der Waals surface area contributed by atoms with E-state index in [9.17, 15) is 4.79 Å². The van der Waals surface area contributed by atoms with E-state index in [4.69, 9.17) is 9.84 Å². The number of aliphatic carboxylic acids is 1. The predicted molar refractivity (Wildman–Crippen MR) is 85.4 cm³/mol. The lowest BCUT2D eigenvalue weighted by Crippen LogP contribution is -2.23. The van der Waals surface area contributed by atoms with Gasteiger partial charge in [0.15, 0.2) is 0 Å². The van der Waals surface area contributed by atoms with Crippen LogP contribution in [0.4, 0.5) is 5.69 Å². The van der Waals surface area contributed by atoms with Crippen molar-refractivity contribution in [3.63, 3.8) is 0 Å². The summed E-state index contributed by atoms with van der Waals surface area (Å²) < 4.78 is 5.97. The highest BCUT2D eigenvalue weighted by atomic mass is 16.5. The van der Waals surface area contributed by atoms with Crippen molar-refractivity contribution in [3.05, 3.63) is 59.7 Å². The molecule has 3 rings (SSSR count). The summed E-state index contributed by atoms with van der Waals surface area (Å²) in [4.78, 5) is 12.9. The Morgan fingerprint density at radius 3 is 2.73 bits per heavy atom. The Morgan fingerprint density at radius 1 is 1.14 bits per heavy atom. The van der Waals surface area contributed by atoms with Gasteiger partial charge < -0.3 is 14.7 Å². The van der Waals surface area contributed by atoms with E-state index < -0.39 is 5.97 Å². The zero-order chi connectivity index (χ0) is 15.4. The summed E-state index contributed by atoms with van der Waals surface area (Å²) in [6.07, 6.45) is 1.06. The Bertz CT molecular complexity index is 655. The molecule has 0 radical (unpaired) electrons. The third-order valence-corrected chi connectivity index (χ3v) is 3.91. The van der Waals surface area contributed by atoms with Crippen LogP contribution in [0.3, 0.4) is 0 Å². The summed E-state index contributed by atoms with van der Waals surface area (Å²) in [5, 5.41) is 8.84. The minimum Gasteiger partial charge on any atom is -0.489 e. The Kier molecular flexibility index (Phi) is 4.28. The van der Waals surface area contributed by atoms with Gasteiger partial charge in [-0.05, 0) is 24.1 Å². The van der Waals surface area contributed by atoms with Crippen molar-refractivity contribution in [1.82, 2.24) is 0 Å². The molecule has 0 saturated carbocycles. The molecule has 1 heterocycles. The highest BCUT2D eigenvalue weighted by Gasteiger charge is 2.22. The Balaban J connectivity index is 1.71. The van der Waals surface area contributed by atoms with Crippen molar-refractivity contribution in [3.8, 4) is 5.75 Å². The molecule has 1 N–H and O–H groups in total. The molecule has 22 heavy (non-hydrogen) atoms. The van der Waals surface area contributed by atoms with Crippen LogP contribution >= 0.6 is 0 Å². The Morgan fingerprint density at radius 2 is 1.95 bits per heavy atom. The van der Waals surface area contributed by atoms with Crippen LogP contribution in [0.5, 0.6) is 5.75 Å². The third-order valence-electron chi connectivity index (χ3n) is 3.91. The number of carboxylic acids is 1. The highest BCUT2D eigenvalue weighted by molar-refractivity contribution is 5.69. The number of hydrogen-bond donors (Lipinski definition) is 1. The molecule has 2 aromatic rings. The third kappa shape index (κ3) is 3.22. The van der Waals surface area contributed by atoms with Gasteiger partial charge in [0.25, 0.3) is 0 Å². The number of benzene rings is 2. The molecule has 1 aliphatic rings. The number of carbonyl (C=O) groups is 1. The zero-order valence-electron chi connectivity index (χ0n) is 12.4. The number of hydrogen-bond acceptors (Lipinski definition) is 3. The van der Waals surface area contributed by atoms with E-state index in [0.717, 1.165) is 30.0 Å². The second kappa shape index (κ2) is 6.52. The van der Waals surface area contributed by atoms with E-state index in [2.05, 4.69) is 4.90 Å². The summed E-state index contributed by atoms with van der Waals surface area (Å²) in [5.41, 5.74) is 3.43. The number of fused-ring (bicyclic) bond motifs is 1. The summed E-state index contributed by atoms with van der Waals surface area (Å²) in [6.45, 7) is 1.95. The molecule has 4 nitrogen and oxygen atoms in total. The summed E-state index contributed by atoms with van der Waals surface area (Å²) in [7, 11) is 0. The van der Waals surface area contributed by atoms with Gasteiger partial charge in [0.2, 0.25) is 0 Å². The molecule has 0 aromatic heterocycles. The van der Waals surface area contributed by atoms with Gasteiger partial charge in [0, 0.05) is 24.3 Å². The molecule has 0 aliphatic carbocycles. The minimum absolute atomic E-state index is 0.161. The van der Waals surface area contributed by atoms with Gasteiger partial charge >= 0.3 is 5.97 Å². The van der Waals surface area contributed by atoms with Gasteiger partial charge in [-0.3, -0.25) is 4.79 Å². The molecule has 0 unspecified atom stereocenters. The normalized spacial score (nSPS) is 13.0. The van der Waals surface area contributed by atoms with Crippen molar-refractivity contribution in [1.29, 1.82) is 0 Å². The number of ether oxygens (including phenoxy) is 1. The van der Waals surface area contributed by atoms with Crippen molar-refractivity contribution in [2.24, 2.45) is 0 Å². The van der Waals surface area contributed by atoms with Crippen LogP contribution in [0.2, 0.25) is 0 Å². The van der Waals surface area contributed by atoms with Crippen LogP contribution in [0, 0.1) is 0 Å². The van der Waals surface area contributed by atoms with Crippen molar-refractivity contribution in [2.75, 3.05) is 18.0 Å². The fourth-order valence-corrected chi connectivity index (χ4v) is 2.80. The number of nitrogens with zero attached hydrogens (tertiary/aromatic N) is 1. The molecule has 0 atom stereocenters. The lowest BCUT2D eigenvalue weighted by Gasteiger charge is -2.18. The second-order valence-corrected chi connectivity index (χ2v) is 5.41. The van der Waals surface area contributed by atoms with E-state index in [-0.39, 0.29) is 6.42 Å². The molecule has 0 spiro atoms. The van der Waals surface area contributed by atoms with Crippen molar-refractivity contribution in [2.45, 2.75) is 19.4 Å². The molecule has 114 valence electrons. The molecule has 2 aromatic carbocycles. The van der Waals surface area contributed by atoms with E-state index in [1.807, 2.05) is 48.5 Å². The molecule has 0 fully saturated rings. The maximum absolute atomic E-state index is 10.7. The minimum atomic E-state index is -0.759. The van der Waals surface area contributed by atoms with Crippen LogP contribution in [-0.4, -0.2) is 24.2 Å². The first-order valence-electron chi connectivity index (χ1n) is 7.49. The summed E-state index contributed by atoms with van der Waals surface area (Å²) in [6, 6.07) is 16.1. The Hall–Kier alpha value is -2.49. The van der Waals surface area contributed by atoms with Crippen LogP contribution in [0.15, 0.2) is 48.5 Å². The molecular weight excluding hydrogens is 278 g/mol. The van der Waals surface area contributed by atoms with Gasteiger partial charge in [0.1, 0.15) is 12.4 Å². The first-order chi connectivity index (χ1) is 10.7. The monoisotopic (exact) mass is 297 g/mol. The van der Waals surface area contributed by atoms with E-state index in [1.54, 1.807) is 0 Å². The summed E-state index contributed by atoms with van der Waals surface area (Å²) >= 11 is 0. The second-order valence-electron chi connectivity index (χ2n) is 5.41. The quantitative estimate of drug-likeness (QED) is 0.890. The number of anilines is 1. The summed E-state index contributed by atoms with van der Waals surface area (Å²) in [5.74, 6) is 0.143. The highest BCUT2D eigenvalue weighted by Crippen LogP contribution is 2.35. The van der Waals surface area contributed by atoms with Crippen LogP contribution in [0.25, 0.3) is 0 Å². The van der Waals surface area contributed by atoms with Crippen LogP contribution in [-0.2, 0) is 17.8 Å². The molecule has 0 bridgehead atoms. The van der Waals surface area contributed by atoms with Crippen LogP contribution in [0.1, 0.15) is 17.5 Å². The molecule has 0 saturated heterocycles. The number of carboxylic acid groups (broad SMARTS) is 1. The van der Waals surface area contributed by atoms with Gasteiger partial charge in [-0.25, -0.2) is 0 Å². The van der Waals surface area contributed by atoms with E-state index >= 15 is 0 Å². The fraction of sp³-hybridized carbons (Fsp3) is 0.278. The topological polar surface area (TPSA) is 49.8 Å².